The maximum Gasteiger partial charge on any atom is 0.330 e. The average molecular weight is 347 g/mol. The lowest BCUT2D eigenvalue weighted by Crippen LogP contribution is -2.04. The van der Waals surface area contributed by atoms with Crippen molar-refractivity contribution in [3.63, 3.8) is 0 Å². The maximum atomic E-state index is 12.7. The fourth-order valence-corrected chi connectivity index (χ4v) is 2.48. The van der Waals surface area contributed by atoms with Crippen LogP contribution in [0.2, 0.25) is 0 Å². The summed E-state index contributed by atoms with van der Waals surface area (Å²) in [7, 11) is 0. The van der Waals surface area contributed by atoms with Gasteiger partial charge in [-0.3, -0.25) is 10.1 Å². The van der Waals surface area contributed by atoms with E-state index in [1.54, 1.807) is 24.3 Å². The monoisotopic (exact) mass is 347 g/mol. The van der Waals surface area contributed by atoms with Crippen LogP contribution in [0.1, 0.15) is 5.56 Å². The number of carbonyl (C=O) groups excluding carboxylic acids is 1. The minimum atomic E-state index is -0.493. The number of thioether (sulfide) groups is 1. The van der Waals surface area contributed by atoms with Gasteiger partial charge in [-0.15, -0.1) is 11.8 Å². The van der Waals surface area contributed by atoms with Gasteiger partial charge in [0.1, 0.15) is 12.4 Å². The van der Waals surface area contributed by atoms with E-state index in [9.17, 15) is 19.3 Å². The molecule has 0 saturated heterocycles. The molecular weight excluding hydrogens is 333 g/mol. The molecule has 0 radical (unpaired) electrons. The predicted molar refractivity (Wildman–Crippen MR) is 90.2 cm³/mol. The molecule has 2 aromatic rings. The molecule has 0 heterocycles. The van der Waals surface area contributed by atoms with Gasteiger partial charge in [-0.05, 0) is 48.0 Å². The Morgan fingerprint density at radius 1 is 1.17 bits per heavy atom. The number of nitrogens with zero attached hydrogens (tertiary/aromatic N) is 1. The summed E-state index contributed by atoms with van der Waals surface area (Å²) in [4.78, 5) is 22.5. The van der Waals surface area contributed by atoms with Gasteiger partial charge >= 0.3 is 5.97 Å². The Kier molecular flexibility index (Phi) is 6.51. The lowest BCUT2D eigenvalue weighted by atomic mass is 10.2. The molecule has 0 aliphatic carbocycles. The number of carbonyl (C=O) groups is 1. The number of halogens is 1. The number of ether oxygens (including phenoxy) is 1. The van der Waals surface area contributed by atoms with E-state index >= 15 is 0 Å². The minimum Gasteiger partial charge on any atom is -0.462 e. The smallest absolute Gasteiger partial charge is 0.330 e. The van der Waals surface area contributed by atoms with Gasteiger partial charge in [-0.1, -0.05) is 0 Å². The topological polar surface area (TPSA) is 69.4 Å². The zero-order valence-electron chi connectivity index (χ0n) is 12.6. The minimum absolute atomic E-state index is 0.00690. The summed E-state index contributed by atoms with van der Waals surface area (Å²) in [5, 5.41) is 10.5. The molecule has 0 spiro atoms. The summed E-state index contributed by atoms with van der Waals surface area (Å²) in [6, 6.07) is 11.9. The Balaban J connectivity index is 1.72. The third kappa shape index (κ3) is 5.85. The van der Waals surface area contributed by atoms with Gasteiger partial charge in [0.15, 0.2) is 0 Å². The molecule has 0 unspecified atom stereocenters. The number of esters is 1. The van der Waals surface area contributed by atoms with E-state index in [4.69, 9.17) is 4.74 Å². The summed E-state index contributed by atoms with van der Waals surface area (Å²) in [6.07, 6.45) is 2.79. The zero-order chi connectivity index (χ0) is 17.4. The van der Waals surface area contributed by atoms with E-state index < -0.39 is 10.9 Å². The predicted octanol–water partition coefficient (Wildman–Crippen LogP) is 4.08. The van der Waals surface area contributed by atoms with Gasteiger partial charge in [0.2, 0.25) is 0 Å². The van der Waals surface area contributed by atoms with Crippen molar-refractivity contribution < 1.29 is 18.8 Å². The molecular formula is C17H14FNO4S. The fraction of sp³-hybridized carbons (Fsp3) is 0.118. The Bertz CT molecular complexity index is 729. The van der Waals surface area contributed by atoms with Crippen LogP contribution in [0, 0.1) is 15.9 Å². The highest BCUT2D eigenvalue weighted by atomic mass is 32.2. The Hall–Kier alpha value is -2.67. The van der Waals surface area contributed by atoms with Crippen LogP contribution >= 0.6 is 11.8 Å². The zero-order valence-corrected chi connectivity index (χ0v) is 13.4. The van der Waals surface area contributed by atoms with E-state index in [2.05, 4.69) is 0 Å². The summed E-state index contributed by atoms with van der Waals surface area (Å²) < 4.78 is 17.8. The van der Waals surface area contributed by atoms with Crippen LogP contribution in [0.3, 0.4) is 0 Å². The van der Waals surface area contributed by atoms with Gasteiger partial charge in [-0.25, -0.2) is 9.18 Å². The number of rotatable bonds is 7. The van der Waals surface area contributed by atoms with Crippen molar-refractivity contribution in [2.75, 3.05) is 12.4 Å². The van der Waals surface area contributed by atoms with Gasteiger partial charge in [-0.2, -0.15) is 0 Å². The van der Waals surface area contributed by atoms with Crippen LogP contribution in [0.5, 0.6) is 0 Å². The molecule has 2 rings (SSSR count). The third-order valence-electron chi connectivity index (χ3n) is 2.93. The molecule has 0 saturated carbocycles. The van der Waals surface area contributed by atoms with Crippen LogP contribution in [0.15, 0.2) is 59.5 Å². The second kappa shape index (κ2) is 8.83. The van der Waals surface area contributed by atoms with E-state index in [0.29, 0.717) is 11.3 Å². The van der Waals surface area contributed by atoms with Crippen molar-refractivity contribution in [3.05, 3.63) is 76.1 Å². The van der Waals surface area contributed by atoms with Gasteiger partial charge in [0, 0.05) is 28.9 Å². The molecule has 0 atom stereocenters. The summed E-state index contributed by atoms with van der Waals surface area (Å²) in [5.74, 6) is -0.224. The number of nitro benzene ring substituents is 1. The highest BCUT2D eigenvalue weighted by Gasteiger charge is 2.03. The van der Waals surface area contributed by atoms with E-state index in [1.807, 2.05) is 0 Å². The second-order valence-electron chi connectivity index (χ2n) is 4.65. The molecule has 5 nitrogen and oxygen atoms in total. The lowest BCUT2D eigenvalue weighted by Gasteiger charge is -2.02. The van der Waals surface area contributed by atoms with Crippen LogP contribution in [0.25, 0.3) is 6.08 Å². The molecule has 0 N–H and O–H groups in total. The highest BCUT2D eigenvalue weighted by Crippen LogP contribution is 2.17. The molecule has 0 bridgehead atoms. The Morgan fingerprint density at radius 3 is 2.46 bits per heavy atom. The van der Waals surface area contributed by atoms with Crippen LogP contribution in [-0.4, -0.2) is 23.3 Å². The fourth-order valence-electron chi connectivity index (χ4n) is 1.75. The number of benzene rings is 2. The number of nitro groups is 1. The average Bonchev–Trinajstić information content (AvgIpc) is 2.59. The van der Waals surface area contributed by atoms with Crippen molar-refractivity contribution in [2.45, 2.75) is 4.90 Å². The van der Waals surface area contributed by atoms with Gasteiger partial charge in [0.05, 0.1) is 4.92 Å². The van der Waals surface area contributed by atoms with Crippen molar-refractivity contribution in [1.82, 2.24) is 0 Å². The number of hydrogen-bond acceptors (Lipinski definition) is 5. The Labute approximate surface area is 142 Å². The molecule has 0 fully saturated rings. The molecule has 0 aromatic heterocycles. The second-order valence-corrected chi connectivity index (χ2v) is 5.82. The number of hydrogen-bond donors (Lipinski definition) is 0. The summed E-state index contributed by atoms with van der Waals surface area (Å²) in [5.41, 5.74) is 0.658. The molecule has 0 amide bonds. The first-order chi connectivity index (χ1) is 11.5. The molecule has 124 valence electrons. The van der Waals surface area contributed by atoms with Crippen molar-refractivity contribution in [3.8, 4) is 0 Å². The Morgan fingerprint density at radius 2 is 1.83 bits per heavy atom. The van der Waals surface area contributed by atoms with E-state index in [1.165, 1.54) is 48.2 Å². The first-order valence-corrected chi connectivity index (χ1v) is 8.01. The van der Waals surface area contributed by atoms with E-state index in [-0.39, 0.29) is 18.1 Å². The van der Waals surface area contributed by atoms with Crippen molar-refractivity contribution in [1.29, 1.82) is 0 Å². The third-order valence-corrected chi connectivity index (χ3v) is 3.90. The molecule has 2 aromatic carbocycles. The molecule has 7 heteroatoms. The molecule has 24 heavy (non-hydrogen) atoms. The standard InChI is InChI=1S/C17H14FNO4S/c18-14-4-8-16(9-5-14)24-12-11-23-17(20)10-3-13-1-6-15(7-2-13)19(21)22/h1-10H,11-12H2/b10-3+. The van der Waals surface area contributed by atoms with Crippen molar-refractivity contribution in [2.24, 2.45) is 0 Å². The van der Waals surface area contributed by atoms with Gasteiger partial charge < -0.3 is 4.74 Å². The molecule has 0 aliphatic heterocycles. The molecule has 0 aliphatic rings. The maximum absolute atomic E-state index is 12.7. The summed E-state index contributed by atoms with van der Waals surface area (Å²) >= 11 is 1.46. The van der Waals surface area contributed by atoms with Crippen molar-refractivity contribution >= 4 is 29.5 Å². The SMILES string of the molecule is O=C(/C=C/c1ccc([N+](=O)[O-])cc1)OCCSc1ccc(F)cc1. The first kappa shape index (κ1) is 17.7. The normalized spacial score (nSPS) is 10.7. The van der Waals surface area contributed by atoms with E-state index in [0.717, 1.165) is 4.90 Å². The lowest BCUT2D eigenvalue weighted by molar-refractivity contribution is -0.384. The van der Waals surface area contributed by atoms with Crippen LogP contribution in [0.4, 0.5) is 10.1 Å². The summed E-state index contributed by atoms with van der Waals surface area (Å²) in [6.45, 7) is 0.228. The van der Waals surface area contributed by atoms with Crippen LogP contribution < -0.4 is 0 Å². The van der Waals surface area contributed by atoms with Crippen LogP contribution in [-0.2, 0) is 9.53 Å². The first-order valence-electron chi connectivity index (χ1n) is 7.02. The quantitative estimate of drug-likeness (QED) is 0.188. The highest BCUT2D eigenvalue weighted by molar-refractivity contribution is 7.99. The largest absolute Gasteiger partial charge is 0.462 e. The van der Waals surface area contributed by atoms with Gasteiger partial charge in [0.25, 0.3) is 5.69 Å². The number of non-ortho nitro benzene ring substituents is 1.